The molecule has 66 valence electrons. The summed E-state index contributed by atoms with van der Waals surface area (Å²) in [5.41, 5.74) is 0.377. The van der Waals surface area contributed by atoms with Gasteiger partial charge in [-0.3, -0.25) is 4.98 Å². The molecule has 0 radical (unpaired) electrons. The molecule has 1 aromatic heterocycles. The Hall–Kier alpha value is -1.03. The van der Waals surface area contributed by atoms with Crippen molar-refractivity contribution in [2.75, 3.05) is 7.11 Å². The van der Waals surface area contributed by atoms with E-state index in [4.69, 9.17) is 0 Å². The number of halogens is 2. The summed E-state index contributed by atoms with van der Waals surface area (Å²) in [5, 5.41) is 0. The van der Waals surface area contributed by atoms with Gasteiger partial charge < -0.3 is 4.74 Å². The Morgan fingerprint density at radius 3 is 2.67 bits per heavy atom. The zero-order valence-electron chi connectivity index (χ0n) is 6.84. The molecule has 0 saturated carbocycles. The lowest BCUT2D eigenvalue weighted by molar-refractivity contribution is -0.231. The number of alkyl halides is 2. The average molecular weight is 173 g/mol. The molecule has 0 amide bonds. The molecule has 2 nitrogen and oxygen atoms in total. The Labute approximate surface area is 69.2 Å². The highest BCUT2D eigenvalue weighted by Crippen LogP contribution is 2.27. The molecule has 0 N–H and O–H groups in total. The number of ether oxygens (including phenoxy) is 1. The molecule has 4 heteroatoms. The third-order valence-corrected chi connectivity index (χ3v) is 1.49. The Kier molecular flexibility index (Phi) is 2.38. The molecule has 0 aliphatic rings. The molecular weight excluding hydrogens is 164 g/mol. The van der Waals surface area contributed by atoms with Crippen molar-refractivity contribution in [2.45, 2.75) is 13.0 Å². The van der Waals surface area contributed by atoms with E-state index in [-0.39, 0.29) is 5.56 Å². The standard InChI is InChI=1S/C8H9F2NO/c1-6-5-7(3-4-11-6)8(9,10)12-2/h3-5H,1-2H3. The number of hydrogen-bond acceptors (Lipinski definition) is 2. The van der Waals surface area contributed by atoms with Crippen LogP contribution in [0.1, 0.15) is 11.3 Å². The van der Waals surface area contributed by atoms with Crippen molar-refractivity contribution in [1.82, 2.24) is 4.98 Å². The van der Waals surface area contributed by atoms with Crippen molar-refractivity contribution in [2.24, 2.45) is 0 Å². The van der Waals surface area contributed by atoms with Gasteiger partial charge in [-0.25, -0.2) is 0 Å². The third kappa shape index (κ3) is 1.76. The molecule has 1 heterocycles. The minimum Gasteiger partial charge on any atom is -0.320 e. The molecule has 0 saturated heterocycles. The van der Waals surface area contributed by atoms with Crippen LogP contribution in [0.15, 0.2) is 18.3 Å². The van der Waals surface area contributed by atoms with E-state index in [1.165, 1.54) is 18.3 Å². The first-order valence-corrected chi connectivity index (χ1v) is 3.42. The maximum absolute atomic E-state index is 12.8. The number of pyridine rings is 1. The Bertz CT molecular complexity index is 276. The van der Waals surface area contributed by atoms with Crippen LogP contribution in [0.5, 0.6) is 0 Å². The van der Waals surface area contributed by atoms with Crippen molar-refractivity contribution in [3.8, 4) is 0 Å². The summed E-state index contributed by atoms with van der Waals surface area (Å²) in [6.45, 7) is 1.65. The largest absolute Gasteiger partial charge is 0.383 e. The quantitative estimate of drug-likeness (QED) is 0.683. The van der Waals surface area contributed by atoms with Gasteiger partial charge >= 0.3 is 6.11 Å². The van der Waals surface area contributed by atoms with Gasteiger partial charge in [-0.05, 0) is 19.1 Å². The second kappa shape index (κ2) is 3.15. The van der Waals surface area contributed by atoms with Crippen molar-refractivity contribution in [3.05, 3.63) is 29.6 Å². The van der Waals surface area contributed by atoms with Gasteiger partial charge in [0.2, 0.25) is 0 Å². The zero-order valence-corrected chi connectivity index (χ0v) is 6.84. The molecule has 12 heavy (non-hydrogen) atoms. The average Bonchev–Trinajstić information content (AvgIpc) is 2.05. The van der Waals surface area contributed by atoms with Crippen LogP contribution in [0.25, 0.3) is 0 Å². The maximum atomic E-state index is 12.8. The summed E-state index contributed by atoms with van der Waals surface area (Å²) in [7, 11) is 0.968. The van der Waals surface area contributed by atoms with Gasteiger partial charge in [-0.15, -0.1) is 0 Å². The molecule has 0 unspecified atom stereocenters. The minimum atomic E-state index is -3.21. The summed E-state index contributed by atoms with van der Waals surface area (Å²) in [4.78, 5) is 3.80. The van der Waals surface area contributed by atoms with Crippen molar-refractivity contribution in [1.29, 1.82) is 0 Å². The Balaban J connectivity index is 3.03. The van der Waals surface area contributed by atoms with E-state index in [2.05, 4.69) is 9.72 Å². The van der Waals surface area contributed by atoms with Crippen LogP contribution in [0.2, 0.25) is 0 Å². The molecule has 0 bridgehead atoms. The highest BCUT2D eigenvalue weighted by molar-refractivity contribution is 5.18. The van der Waals surface area contributed by atoms with E-state index in [9.17, 15) is 8.78 Å². The topological polar surface area (TPSA) is 22.1 Å². The number of hydrogen-bond donors (Lipinski definition) is 0. The van der Waals surface area contributed by atoms with Crippen molar-refractivity contribution < 1.29 is 13.5 Å². The Morgan fingerprint density at radius 1 is 1.50 bits per heavy atom. The molecular formula is C8H9F2NO. The fraction of sp³-hybridized carbons (Fsp3) is 0.375. The number of methoxy groups -OCH3 is 1. The van der Waals surface area contributed by atoms with Gasteiger partial charge in [0, 0.05) is 19.0 Å². The molecule has 0 atom stereocenters. The monoisotopic (exact) mass is 173 g/mol. The molecule has 1 rings (SSSR count). The predicted molar refractivity (Wildman–Crippen MR) is 39.9 cm³/mol. The molecule has 0 aliphatic heterocycles. The summed E-state index contributed by atoms with van der Waals surface area (Å²) < 4.78 is 29.6. The first-order valence-electron chi connectivity index (χ1n) is 3.42. The zero-order chi connectivity index (χ0) is 9.19. The molecule has 0 aromatic carbocycles. The van der Waals surface area contributed by atoms with Crippen LogP contribution in [0.3, 0.4) is 0 Å². The molecule has 0 spiro atoms. The first-order chi connectivity index (χ1) is 5.56. The fourth-order valence-corrected chi connectivity index (χ4v) is 0.844. The molecule has 0 fully saturated rings. The minimum absolute atomic E-state index is 0.169. The van der Waals surface area contributed by atoms with Gasteiger partial charge in [-0.1, -0.05) is 0 Å². The SMILES string of the molecule is COC(F)(F)c1ccnc(C)c1. The van der Waals surface area contributed by atoms with Crippen molar-refractivity contribution >= 4 is 0 Å². The van der Waals surface area contributed by atoms with E-state index in [1.807, 2.05) is 0 Å². The van der Waals surface area contributed by atoms with Crippen LogP contribution in [0, 0.1) is 6.92 Å². The van der Waals surface area contributed by atoms with Gasteiger partial charge in [-0.2, -0.15) is 8.78 Å². The van der Waals surface area contributed by atoms with Gasteiger partial charge in [0.25, 0.3) is 0 Å². The van der Waals surface area contributed by atoms with E-state index >= 15 is 0 Å². The van der Waals surface area contributed by atoms with Crippen LogP contribution < -0.4 is 0 Å². The lowest BCUT2D eigenvalue weighted by Gasteiger charge is -2.13. The highest BCUT2D eigenvalue weighted by atomic mass is 19.3. The summed E-state index contributed by atoms with van der Waals surface area (Å²) in [5.74, 6) is 0. The van der Waals surface area contributed by atoms with E-state index < -0.39 is 6.11 Å². The Morgan fingerprint density at radius 2 is 2.17 bits per heavy atom. The number of rotatable bonds is 2. The summed E-state index contributed by atoms with van der Waals surface area (Å²) in [6.07, 6.45) is -1.88. The third-order valence-electron chi connectivity index (χ3n) is 1.49. The summed E-state index contributed by atoms with van der Waals surface area (Å²) >= 11 is 0. The fourth-order valence-electron chi connectivity index (χ4n) is 0.844. The smallest absolute Gasteiger partial charge is 0.320 e. The molecule has 1 aromatic rings. The predicted octanol–water partition coefficient (Wildman–Crippen LogP) is 2.09. The first kappa shape index (κ1) is 9.06. The highest BCUT2D eigenvalue weighted by Gasteiger charge is 2.31. The number of nitrogens with zero attached hydrogens (tertiary/aromatic N) is 1. The maximum Gasteiger partial charge on any atom is 0.383 e. The molecule has 0 aliphatic carbocycles. The number of aromatic nitrogens is 1. The lowest BCUT2D eigenvalue weighted by Crippen LogP contribution is -2.15. The lowest BCUT2D eigenvalue weighted by atomic mass is 10.2. The normalized spacial score (nSPS) is 11.7. The van der Waals surface area contributed by atoms with Crippen LogP contribution >= 0.6 is 0 Å². The number of aryl methyl sites for hydroxylation is 1. The van der Waals surface area contributed by atoms with Crippen LogP contribution in [-0.2, 0) is 10.8 Å². The van der Waals surface area contributed by atoms with Gasteiger partial charge in [0.15, 0.2) is 0 Å². The van der Waals surface area contributed by atoms with E-state index in [1.54, 1.807) is 6.92 Å². The second-order valence-electron chi connectivity index (χ2n) is 2.41. The van der Waals surface area contributed by atoms with Crippen LogP contribution in [-0.4, -0.2) is 12.1 Å². The van der Waals surface area contributed by atoms with Gasteiger partial charge in [0.05, 0.1) is 5.56 Å². The van der Waals surface area contributed by atoms with E-state index in [0.717, 1.165) is 7.11 Å². The van der Waals surface area contributed by atoms with E-state index in [0.29, 0.717) is 5.69 Å². The van der Waals surface area contributed by atoms with Gasteiger partial charge in [0.1, 0.15) is 0 Å². The summed E-state index contributed by atoms with van der Waals surface area (Å²) in [6, 6.07) is 2.53. The van der Waals surface area contributed by atoms with Crippen LogP contribution in [0.4, 0.5) is 8.78 Å². The second-order valence-corrected chi connectivity index (χ2v) is 2.41. The van der Waals surface area contributed by atoms with Crippen molar-refractivity contribution in [3.63, 3.8) is 0 Å².